The van der Waals surface area contributed by atoms with E-state index in [0.29, 0.717) is 17.6 Å². The molecule has 16 heavy (non-hydrogen) atoms. The van der Waals surface area contributed by atoms with Crippen LogP contribution < -0.4 is 0 Å². The van der Waals surface area contributed by atoms with E-state index in [0.717, 1.165) is 6.61 Å². The van der Waals surface area contributed by atoms with Gasteiger partial charge in [0.15, 0.2) is 8.32 Å². The molecule has 0 unspecified atom stereocenters. The van der Waals surface area contributed by atoms with Crippen LogP contribution in [0.5, 0.6) is 0 Å². The Hall–Kier alpha value is 0.788. The van der Waals surface area contributed by atoms with Crippen molar-refractivity contribution in [2.45, 2.75) is 57.5 Å². The van der Waals surface area contributed by atoms with Crippen LogP contribution in [0.15, 0.2) is 0 Å². The van der Waals surface area contributed by atoms with Gasteiger partial charge in [-0.3, -0.25) is 0 Å². The zero-order valence-corrected chi connectivity index (χ0v) is 16.7. The molecule has 0 aromatic heterocycles. The molecule has 2 saturated heterocycles. The number of hydrogen-bond acceptors (Lipinski definition) is 2. The second kappa shape index (κ2) is 6.65. The van der Waals surface area contributed by atoms with Crippen molar-refractivity contribution in [1.29, 1.82) is 0 Å². The Kier molecular flexibility index (Phi) is 6.17. The Morgan fingerprint density at radius 3 is 2.25 bits per heavy atom. The predicted octanol–water partition coefficient (Wildman–Crippen LogP) is 0.467. The Morgan fingerprint density at radius 1 is 1.25 bits per heavy atom. The molecule has 0 saturated carbocycles. The van der Waals surface area contributed by atoms with Crippen molar-refractivity contribution < 1.29 is 8.85 Å². The average molecular weight is 293 g/mol. The fraction of sp³-hybridized carbons (Fsp3) is 1.00. The first-order valence-corrected chi connectivity index (χ1v) is 19.4. The largest absolute Gasteiger partial charge is 0.429 e. The van der Waals surface area contributed by atoms with E-state index in [1.165, 1.54) is 24.9 Å². The van der Waals surface area contributed by atoms with Crippen molar-refractivity contribution in [2.75, 3.05) is 6.61 Å². The lowest BCUT2D eigenvalue weighted by Crippen LogP contribution is -2.44. The third-order valence-corrected chi connectivity index (χ3v) is 19.8. The average Bonchev–Trinajstić information content (AvgIpc) is 2.17. The fourth-order valence-electron chi connectivity index (χ4n) is 2.48. The van der Waals surface area contributed by atoms with E-state index in [-0.39, 0.29) is 14.9 Å². The summed E-state index contributed by atoms with van der Waals surface area (Å²) in [5, 5.41) is 0. The second-order valence-electron chi connectivity index (χ2n) is 6.15. The summed E-state index contributed by atoms with van der Waals surface area (Å²) in [4.78, 5) is 0. The van der Waals surface area contributed by atoms with Gasteiger partial charge >= 0.3 is 0 Å². The van der Waals surface area contributed by atoms with Crippen molar-refractivity contribution in [3.63, 3.8) is 0 Å². The van der Waals surface area contributed by atoms with Gasteiger partial charge in [0.2, 0.25) is 0 Å². The fourth-order valence-corrected chi connectivity index (χ4v) is 17.6. The van der Waals surface area contributed by atoms with E-state index in [1.54, 1.807) is 0 Å². The molecule has 0 amide bonds. The van der Waals surface area contributed by atoms with Gasteiger partial charge in [0.05, 0.1) is 5.60 Å². The molecule has 96 valence electrons. The molecule has 2 nitrogen and oxygen atoms in total. The molecule has 0 aliphatic carbocycles. The van der Waals surface area contributed by atoms with Gasteiger partial charge in [0.25, 0.3) is 0 Å². The lowest BCUT2D eigenvalue weighted by Gasteiger charge is -2.40. The van der Waals surface area contributed by atoms with Gasteiger partial charge < -0.3 is 8.85 Å². The predicted molar refractivity (Wildman–Crippen MR) is 83.1 cm³/mol. The van der Waals surface area contributed by atoms with Crippen molar-refractivity contribution in [3.05, 3.63) is 0 Å². The molecule has 0 aromatic rings. The van der Waals surface area contributed by atoms with E-state index >= 15 is 0 Å². The summed E-state index contributed by atoms with van der Waals surface area (Å²) < 4.78 is 11.3. The molecule has 6 heteroatoms. The van der Waals surface area contributed by atoms with Crippen molar-refractivity contribution >= 4 is 35.2 Å². The van der Waals surface area contributed by atoms with Gasteiger partial charge in [-0.25, -0.2) is 0 Å². The molecule has 0 N–H and O–H groups in total. The molecule has 0 aromatic carbocycles. The summed E-state index contributed by atoms with van der Waals surface area (Å²) in [5.41, 5.74) is 0.175. The highest BCUT2D eigenvalue weighted by atomic mass is 29.5. The van der Waals surface area contributed by atoms with Crippen molar-refractivity contribution in [1.82, 2.24) is 0 Å². The van der Waals surface area contributed by atoms with Crippen LogP contribution in [0.25, 0.3) is 0 Å². The smallest absolute Gasteiger partial charge is 0.187 e. The van der Waals surface area contributed by atoms with E-state index in [4.69, 9.17) is 8.85 Å². The molecule has 2 rings (SSSR count). The topological polar surface area (TPSA) is 18.5 Å². The van der Waals surface area contributed by atoms with E-state index in [2.05, 4.69) is 26.9 Å². The summed E-state index contributed by atoms with van der Waals surface area (Å²) in [7, 11) is 0.131. The Bertz CT molecular complexity index is 179. The lowest BCUT2D eigenvalue weighted by molar-refractivity contribution is 0.0723. The maximum absolute atomic E-state index is 6.00. The van der Waals surface area contributed by atoms with Crippen LogP contribution in [0.3, 0.4) is 0 Å². The minimum atomic E-state index is -1.23. The van der Waals surface area contributed by atoms with Gasteiger partial charge in [0, 0.05) is 24.2 Å². The monoisotopic (exact) mass is 292 g/mol. The van der Waals surface area contributed by atoms with Crippen LogP contribution in [0.4, 0.5) is 0 Å². The molecule has 2 heterocycles. The minimum Gasteiger partial charge on any atom is -0.429 e. The zero-order valence-electron chi connectivity index (χ0n) is 11.5. The summed E-state index contributed by atoms with van der Waals surface area (Å²) >= 11 is 0. The number of hydrogen-bond donors (Lipinski definition) is 0. The Morgan fingerprint density at radius 2 is 2.00 bits per heavy atom. The maximum atomic E-state index is 6.00. The van der Waals surface area contributed by atoms with E-state index in [1.807, 2.05) is 0 Å². The standard InChI is InChI=1S/C8H18OSi.C2H10OSi3/c1-8(2)6-5-7-10(3,4)9-8;1-2-4-6-5-3-1/h5-7H2,1-4H3;1-2,4-6H2. The molecular weight excluding hydrogens is 264 g/mol. The summed E-state index contributed by atoms with van der Waals surface area (Å²) in [6, 6.07) is 2.86. The minimum absolute atomic E-state index is 0.175. The highest BCUT2D eigenvalue weighted by Gasteiger charge is 2.35. The molecule has 2 aliphatic heterocycles. The van der Waals surface area contributed by atoms with Crippen molar-refractivity contribution in [3.8, 4) is 0 Å². The van der Waals surface area contributed by atoms with Crippen LogP contribution in [-0.4, -0.2) is 47.4 Å². The van der Waals surface area contributed by atoms with Crippen LogP contribution >= 0.6 is 0 Å². The Balaban J connectivity index is 0.000000181. The normalized spacial score (nSPS) is 32.2. The van der Waals surface area contributed by atoms with Crippen molar-refractivity contribution in [2.24, 2.45) is 0 Å². The summed E-state index contributed by atoms with van der Waals surface area (Å²) in [6.07, 6.45) is 2.61. The maximum Gasteiger partial charge on any atom is 0.187 e. The third kappa shape index (κ3) is 6.51. The highest BCUT2D eigenvalue weighted by Crippen LogP contribution is 2.32. The van der Waals surface area contributed by atoms with E-state index < -0.39 is 8.32 Å². The van der Waals surface area contributed by atoms with Crippen LogP contribution in [0.1, 0.15) is 26.7 Å². The molecule has 2 fully saturated rings. The third-order valence-electron chi connectivity index (χ3n) is 3.19. The Labute approximate surface area is 108 Å². The molecule has 0 spiro atoms. The summed E-state index contributed by atoms with van der Waals surface area (Å²) in [5.74, 6) is 0. The second-order valence-corrected chi connectivity index (χ2v) is 25.1. The molecular formula is C10H28O2Si4. The summed E-state index contributed by atoms with van der Waals surface area (Å²) in [6.45, 7) is 10.2. The molecule has 2 aliphatic rings. The molecule has 0 atom stereocenters. The van der Waals surface area contributed by atoms with Crippen LogP contribution in [0.2, 0.25) is 25.2 Å². The number of rotatable bonds is 0. The van der Waals surface area contributed by atoms with Gasteiger partial charge in [0.1, 0.15) is 9.28 Å². The van der Waals surface area contributed by atoms with E-state index in [9.17, 15) is 0 Å². The van der Waals surface area contributed by atoms with Crippen LogP contribution in [-0.2, 0) is 8.85 Å². The first-order valence-electron chi connectivity index (χ1n) is 6.69. The molecule has 0 bridgehead atoms. The van der Waals surface area contributed by atoms with Gasteiger partial charge in [-0.15, -0.1) is 0 Å². The SMILES string of the molecule is C1C[SiH2][SiH2][SiH2]O1.CC1(C)CCC[Si](C)(C)O1. The molecule has 0 radical (unpaired) electrons. The highest BCUT2D eigenvalue weighted by molar-refractivity contribution is 7.28. The quantitative estimate of drug-likeness (QED) is 0.604. The van der Waals surface area contributed by atoms with Gasteiger partial charge in [-0.2, -0.15) is 0 Å². The van der Waals surface area contributed by atoms with Gasteiger partial charge in [-0.1, -0.05) is 6.42 Å². The first kappa shape index (κ1) is 14.8. The lowest BCUT2D eigenvalue weighted by atomic mass is 10.0. The zero-order chi connectivity index (χ0) is 12.1. The van der Waals surface area contributed by atoms with Gasteiger partial charge in [-0.05, 0) is 45.5 Å². The van der Waals surface area contributed by atoms with Crippen LogP contribution in [0, 0.1) is 0 Å². The first-order chi connectivity index (χ1) is 7.41.